The van der Waals surface area contributed by atoms with Crippen molar-refractivity contribution in [3.63, 3.8) is 0 Å². The van der Waals surface area contributed by atoms with Gasteiger partial charge < -0.3 is 4.74 Å². The van der Waals surface area contributed by atoms with Crippen molar-refractivity contribution in [3.05, 3.63) is 41.5 Å². The van der Waals surface area contributed by atoms with Crippen LogP contribution in [0.15, 0.2) is 30.3 Å². The van der Waals surface area contributed by atoms with Gasteiger partial charge in [-0.3, -0.25) is 0 Å². The van der Waals surface area contributed by atoms with Gasteiger partial charge in [-0.05, 0) is 17.2 Å². The summed E-state index contributed by atoms with van der Waals surface area (Å²) in [7, 11) is 1.35. The fourth-order valence-electron chi connectivity index (χ4n) is 0.950. The average Bonchev–Trinajstić information content (AvgIpc) is 2.26. The van der Waals surface area contributed by atoms with Crippen molar-refractivity contribution in [2.75, 3.05) is 7.11 Å². The van der Waals surface area contributed by atoms with Crippen molar-refractivity contribution in [1.29, 1.82) is 0 Å². The Labute approximate surface area is 88.1 Å². The van der Waals surface area contributed by atoms with Gasteiger partial charge in [-0.1, -0.05) is 24.3 Å². The SMILES string of the molecule is COC(=O)/C=C\c1ccc(CCl)cc1. The number of esters is 1. The second-order valence-corrected chi connectivity index (χ2v) is 3.00. The summed E-state index contributed by atoms with van der Waals surface area (Å²) in [4.78, 5) is 10.8. The zero-order chi connectivity index (χ0) is 10.4. The van der Waals surface area contributed by atoms with Crippen molar-refractivity contribution in [3.8, 4) is 0 Å². The first-order valence-corrected chi connectivity index (χ1v) is 4.70. The van der Waals surface area contributed by atoms with Crippen molar-refractivity contribution in [2.24, 2.45) is 0 Å². The van der Waals surface area contributed by atoms with E-state index in [1.54, 1.807) is 6.08 Å². The summed E-state index contributed by atoms with van der Waals surface area (Å²) in [6.07, 6.45) is 3.08. The molecule has 0 aromatic heterocycles. The first-order chi connectivity index (χ1) is 6.76. The lowest BCUT2D eigenvalue weighted by Crippen LogP contribution is -1.93. The van der Waals surface area contributed by atoms with E-state index in [0.29, 0.717) is 5.88 Å². The number of rotatable bonds is 3. The van der Waals surface area contributed by atoms with Gasteiger partial charge in [0.05, 0.1) is 7.11 Å². The molecule has 0 heterocycles. The van der Waals surface area contributed by atoms with Crippen LogP contribution in [0.3, 0.4) is 0 Å². The molecule has 2 nitrogen and oxygen atoms in total. The quantitative estimate of drug-likeness (QED) is 0.436. The maximum atomic E-state index is 10.8. The molecule has 1 aromatic rings. The lowest BCUT2D eigenvalue weighted by molar-refractivity contribution is -0.134. The number of benzene rings is 1. The first-order valence-electron chi connectivity index (χ1n) is 4.17. The molecule has 0 N–H and O–H groups in total. The summed E-state index contributed by atoms with van der Waals surface area (Å²) in [6.45, 7) is 0. The number of hydrogen-bond acceptors (Lipinski definition) is 2. The molecule has 0 spiro atoms. The average molecular weight is 211 g/mol. The zero-order valence-electron chi connectivity index (χ0n) is 7.87. The number of hydrogen-bond donors (Lipinski definition) is 0. The summed E-state index contributed by atoms with van der Waals surface area (Å²) in [5, 5.41) is 0. The van der Waals surface area contributed by atoms with E-state index >= 15 is 0 Å². The molecule has 0 unspecified atom stereocenters. The van der Waals surface area contributed by atoms with Crippen LogP contribution in [0.2, 0.25) is 0 Å². The van der Waals surface area contributed by atoms with Gasteiger partial charge in [0, 0.05) is 12.0 Å². The highest BCUT2D eigenvalue weighted by atomic mass is 35.5. The van der Waals surface area contributed by atoms with Crippen molar-refractivity contribution < 1.29 is 9.53 Å². The Kier molecular flexibility index (Phi) is 4.20. The maximum Gasteiger partial charge on any atom is 0.330 e. The Balaban J connectivity index is 2.68. The number of carbonyl (C=O) groups is 1. The lowest BCUT2D eigenvalue weighted by atomic mass is 10.1. The third kappa shape index (κ3) is 3.23. The van der Waals surface area contributed by atoms with Crippen molar-refractivity contribution >= 4 is 23.6 Å². The van der Waals surface area contributed by atoms with E-state index in [9.17, 15) is 4.79 Å². The molecule has 0 amide bonds. The maximum absolute atomic E-state index is 10.8. The van der Waals surface area contributed by atoms with E-state index in [-0.39, 0.29) is 5.97 Å². The van der Waals surface area contributed by atoms with Crippen LogP contribution in [0.25, 0.3) is 6.08 Å². The van der Waals surface area contributed by atoms with Crippen LogP contribution in [-0.2, 0) is 15.4 Å². The minimum atomic E-state index is -0.355. The monoisotopic (exact) mass is 210 g/mol. The molecule has 0 aliphatic carbocycles. The molecule has 14 heavy (non-hydrogen) atoms. The second kappa shape index (κ2) is 5.45. The van der Waals surface area contributed by atoms with Crippen LogP contribution in [-0.4, -0.2) is 13.1 Å². The number of alkyl halides is 1. The predicted molar refractivity (Wildman–Crippen MR) is 57.0 cm³/mol. The Hall–Kier alpha value is -1.28. The molecular formula is C11H11ClO2. The Morgan fingerprint density at radius 1 is 1.43 bits per heavy atom. The van der Waals surface area contributed by atoms with Gasteiger partial charge in [0.1, 0.15) is 0 Å². The highest BCUT2D eigenvalue weighted by Crippen LogP contribution is 2.08. The zero-order valence-corrected chi connectivity index (χ0v) is 8.62. The third-order valence-corrected chi connectivity index (χ3v) is 2.06. The van der Waals surface area contributed by atoms with Crippen molar-refractivity contribution in [1.82, 2.24) is 0 Å². The van der Waals surface area contributed by atoms with Gasteiger partial charge in [-0.2, -0.15) is 0 Å². The molecule has 0 atom stereocenters. The van der Waals surface area contributed by atoms with E-state index in [0.717, 1.165) is 11.1 Å². The van der Waals surface area contributed by atoms with Gasteiger partial charge in [-0.25, -0.2) is 4.79 Å². The first kappa shape index (κ1) is 10.8. The largest absolute Gasteiger partial charge is 0.466 e. The van der Waals surface area contributed by atoms with Crippen LogP contribution < -0.4 is 0 Å². The van der Waals surface area contributed by atoms with E-state index in [1.807, 2.05) is 24.3 Å². The molecule has 0 fully saturated rings. The summed E-state index contributed by atoms with van der Waals surface area (Å²) in [5.74, 6) is 0.146. The molecular weight excluding hydrogens is 200 g/mol. The van der Waals surface area contributed by atoms with Gasteiger partial charge in [-0.15, -0.1) is 11.6 Å². The molecule has 0 radical (unpaired) electrons. The molecule has 1 aromatic carbocycles. The molecule has 74 valence electrons. The van der Waals surface area contributed by atoms with Crippen molar-refractivity contribution in [2.45, 2.75) is 5.88 Å². The topological polar surface area (TPSA) is 26.3 Å². The Morgan fingerprint density at radius 2 is 2.07 bits per heavy atom. The molecule has 1 rings (SSSR count). The number of carbonyl (C=O) groups excluding carboxylic acids is 1. The van der Waals surface area contributed by atoms with E-state index < -0.39 is 0 Å². The highest BCUT2D eigenvalue weighted by Gasteiger charge is 1.92. The normalized spacial score (nSPS) is 10.4. The summed E-state index contributed by atoms with van der Waals surface area (Å²) >= 11 is 5.64. The van der Waals surface area contributed by atoms with Crippen LogP contribution in [0.1, 0.15) is 11.1 Å². The second-order valence-electron chi connectivity index (χ2n) is 2.73. The molecule has 0 saturated carbocycles. The Bertz CT molecular complexity index is 328. The number of ether oxygens (including phenoxy) is 1. The number of methoxy groups -OCH3 is 1. The molecule has 0 saturated heterocycles. The van der Waals surface area contributed by atoms with Crippen LogP contribution in [0, 0.1) is 0 Å². The van der Waals surface area contributed by atoms with Gasteiger partial charge in [0.25, 0.3) is 0 Å². The molecule has 0 aliphatic rings. The lowest BCUT2D eigenvalue weighted by Gasteiger charge is -1.96. The fraction of sp³-hybridized carbons (Fsp3) is 0.182. The standard InChI is InChI=1S/C11H11ClO2/c1-14-11(13)7-6-9-2-4-10(8-12)5-3-9/h2-7H,8H2,1H3/b7-6-. The van der Waals surface area contributed by atoms with Crippen LogP contribution in [0.4, 0.5) is 0 Å². The van der Waals surface area contributed by atoms with Gasteiger partial charge in [0.2, 0.25) is 0 Å². The van der Waals surface area contributed by atoms with Crippen LogP contribution >= 0.6 is 11.6 Å². The van der Waals surface area contributed by atoms with Gasteiger partial charge >= 0.3 is 5.97 Å². The fourth-order valence-corrected chi connectivity index (χ4v) is 1.13. The minimum Gasteiger partial charge on any atom is -0.466 e. The summed E-state index contributed by atoms with van der Waals surface area (Å²) in [5.41, 5.74) is 2.01. The molecule has 0 bridgehead atoms. The predicted octanol–water partition coefficient (Wildman–Crippen LogP) is 2.61. The smallest absolute Gasteiger partial charge is 0.330 e. The summed E-state index contributed by atoms with van der Waals surface area (Å²) < 4.78 is 4.47. The van der Waals surface area contributed by atoms with E-state index in [2.05, 4.69) is 4.74 Å². The highest BCUT2D eigenvalue weighted by molar-refractivity contribution is 6.17. The van der Waals surface area contributed by atoms with Gasteiger partial charge in [0.15, 0.2) is 0 Å². The number of halogens is 1. The Morgan fingerprint density at radius 3 is 2.57 bits per heavy atom. The summed E-state index contributed by atoms with van der Waals surface area (Å²) in [6, 6.07) is 7.64. The minimum absolute atomic E-state index is 0.355. The van der Waals surface area contributed by atoms with Crippen LogP contribution in [0.5, 0.6) is 0 Å². The molecule has 3 heteroatoms. The van der Waals surface area contributed by atoms with E-state index in [1.165, 1.54) is 13.2 Å². The molecule has 0 aliphatic heterocycles. The third-order valence-electron chi connectivity index (χ3n) is 1.75. The van der Waals surface area contributed by atoms with E-state index in [4.69, 9.17) is 11.6 Å².